The van der Waals surface area contributed by atoms with Crippen LogP contribution in [0.25, 0.3) is 0 Å². The SMILES string of the molecule is O=C(Nc1ccc(N2CCOCC2)cc1)c1cccc(S(=O)(=O)Nc2ccc(Br)cc2)c1. The number of hydrogen-bond donors (Lipinski definition) is 2. The van der Waals surface area contributed by atoms with Crippen LogP contribution in [-0.4, -0.2) is 40.6 Å². The topological polar surface area (TPSA) is 87.7 Å². The van der Waals surface area contributed by atoms with Gasteiger partial charge in [0.1, 0.15) is 0 Å². The first kappa shape index (κ1) is 22.3. The van der Waals surface area contributed by atoms with E-state index in [0.717, 1.165) is 23.2 Å². The first-order valence-corrected chi connectivity index (χ1v) is 12.3. The third-order valence-electron chi connectivity index (χ3n) is 5.00. The summed E-state index contributed by atoms with van der Waals surface area (Å²) >= 11 is 3.32. The van der Waals surface area contributed by atoms with Crippen LogP contribution in [-0.2, 0) is 14.8 Å². The Labute approximate surface area is 195 Å². The van der Waals surface area contributed by atoms with Gasteiger partial charge in [-0.3, -0.25) is 9.52 Å². The van der Waals surface area contributed by atoms with Gasteiger partial charge >= 0.3 is 0 Å². The fourth-order valence-electron chi connectivity index (χ4n) is 3.32. The summed E-state index contributed by atoms with van der Waals surface area (Å²) in [5, 5.41) is 2.82. The van der Waals surface area contributed by atoms with Crippen molar-refractivity contribution in [2.75, 3.05) is 41.2 Å². The lowest BCUT2D eigenvalue weighted by Crippen LogP contribution is -2.36. The van der Waals surface area contributed by atoms with Gasteiger partial charge in [0.05, 0.1) is 18.1 Å². The van der Waals surface area contributed by atoms with Crippen molar-refractivity contribution >= 4 is 48.9 Å². The average Bonchev–Trinajstić information content (AvgIpc) is 2.81. The molecule has 9 heteroatoms. The fraction of sp³-hybridized carbons (Fsp3) is 0.174. The maximum atomic E-state index is 12.7. The van der Waals surface area contributed by atoms with Crippen LogP contribution in [0, 0.1) is 0 Å². The summed E-state index contributed by atoms with van der Waals surface area (Å²) in [6.07, 6.45) is 0. The summed E-state index contributed by atoms with van der Waals surface area (Å²) in [5.74, 6) is -0.384. The normalized spacial score (nSPS) is 14.1. The number of morpholine rings is 1. The summed E-state index contributed by atoms with van der Waals surface area (Å²) in [6, 6.07) is 20.3. The molecule has 0 aromatic heterocycles. The van der Waals surface area contributed by atoms with E-state index in [1.54, 1.807) is 36.4 Å². The molecule has 1 amide bonds. The van der Waals surface area contributed by atoms with Crippen molar-refractivity contribution in [2.45, 2.75) is 4.90 Å². The Morgan fingerprint density at radius 1 is 0.906 bits per heavy atom. The van der Waals surface area contributed by atoms with E-state index in [1.165, 1.54) is 12.1 Å². The van der Waals surface area contributed by atoms with Gasteiger partial charge in [0.2, 0.25) is 0 Å². The Bertz CT molecular complexity index is 1190. The summed E-state index contributed by atoms with van der Waals surface area (Å²) in [6.45, 7) is 3.07. The molecule has 0 aliphatic carbocycles. The minimum absolute atomic E-state index is 0.00994. The van der Waals surface area contributed by atoms with Crippen molar-refractivity contribution < 1.29 is 17.9 Å². The Hall–Kier alpha value is -2.88. The second-order valence-electron chi connectivity index (χ2n) is 7.24. The fourth-order valence-corrected chi connectivity index (χ4v) is 4.69. The van der Waals surface area contributed by atoms with Crippen molar-refractivity contribution in [3.8, 4) is 0 Å². The molecule has 0 saturated carbocycles. The highest BCUT2D eigenvalue weighted by molar-refractivity contribution is 9.10. The second kappa shape index (κ2) is 9.72. The lowest BCUT2D eigenvalue weighted by atomic mass is 10.2. The van der Waals surface area contributed by atoms with Gasteiger partial charge in [-0.2, -0.15) is 0 Å². The van der Waals surface area contributed by atoms with Crippen LogP contribution in [0.1, 0.15) is 10.4 Å². The second-order valence-corrected chi connectivity index (χ2v) is 9.84. The monoisotopic (exact) mass is 515 g/mol. The molecule has 0 bridgehead atoms. The molecule has 32 heavy (non-hydrogen) atoms. The van der Waals surface area contributed by atoms with Gasteiger partial charge in [-0.1, -0.05) is 22.0 Å². The van der Waals surface area contributed by atoms with E-state index in [9.17, 15) is 13.2 Å². The largest absolute Gasteiger partial charge is 0.378 e. The van der Waals surface area contributed by atoms with Gasteiger partial charge in [0, 0.05) is 40.2 Å². The smallest absolute Gasteiger partial charge is 0.261 e. The van der Waals surface area contributed by atoms with Crippen molar-refractivity contribution in [1.82, 2.24) is 0 Å². The molecular formula is C23H22BrN3O4S. The summed E-state index contributed by atoms with van der Waals surface area (Å²) < 4.78 is 34.2. The number of hydrogen-bond acceptors (Lipinski definition) is 5. The highest BCUT2D eigenvalue weighted by Gasteiger charge is 2.17. The zero-order valence-corrected chi connectivity index (χ0v) is 19.5. The van der Waals surface area contributed by atoms with E-state index in [-0.39, 0.29) is 16.4 Å². The van der Waals surface area contributed by atoms with Gasteiger partial charge in [-0.25, -0.2) is 8.42 Å². The third-order valence-corrected chi connectivity index (χ3v) is 6.91. The number of ether oxygens (including phenoxy) is 1. The van der Waals surface area contributed by atoms with E-state index in [0.29, 0.717) is 24.6 Å². The van der Waals surface area contributed by atoms with Crippen LogP contribution in [0.2, 0.25) is 0 Å². The molecule has 7 nitrogen and oxygen atoms in total. The Morgan fingerprint density at radius 2 is 1.56 bits per heavy atom. The molecule has 3 aromatic rings. The van der Waals surface area contributed by atoms with Crippen molar-refractivity contribution in [1.29, 1.82) is 0 Å². The molecule has 166 valence electrons. The molecule has 0 spiro atoms. The molecule has 0 unspecified atom stereocenters. The van der Waals surface area contributed by atoms with E-state index >= 15 is 0 Å². The van der Waals surface area contributed by atoms with Crippen LogP contribution >= 0.6 is 15.9 Å². The lowest BCUT2D eigenvalue weighted by Gasteiger charge is -2.28. The highest BCUT2D eigenvalue weighted by atomic mass is 79.9. The Kier molecular flexibility index (Phi) is 6.78. The quantitative estimate of drug-likeness (QED) is 0.509. The molecule has 2 N–H and O–H groups in total. The van der Waals surface area contributed by atoms with Gasteiger partial charge < -0.3 is 15.0 Å². The number of nitrogens with one attached hydrogen (secondary N) is 2. The van der Waals surface area contributed by atoms with Crippen LogP contribution in [0.4, 0.5) is 17.1 Å². The molecule has 1 saturated heterocycles. The molecular weight excluding hydrogens is 494 g/mol. The number of sulfonamides is 1. The van der Waals surface area contributed by atoms with E-state index < -0.39 is 10.0 Å². The van der Waals surface area contributed by atoms with Crippen LogP contribution in [0.15, 0.2) is 82.2 Å². The Balaban J connectivity index is 1.45. The van der Waals surface area contributed by atoms with Gasteiger partial charge in [-0.15, -0.1) is 0 Å². The predicted octanol–water partition coefficient (Wildman–Crippen LogP) is 4.34. The molecule has 0 radical (unpaired) electrons. The van der Waals surface area contributed by atoms with Crippen LogP contribution in [0.3, 0.4) is 0 Å². The minimum Gasteiger partial charge on any atom is -0.378 e. The number of carbonyl (C=O) groups excluding carboxylic acids is 1. The summed E-state index contributed by atoms with van der Waals surface area (Å²) in [4.78, 5) is 15.0. The van der Waals surface area contributed by atoms with Crippen LogP contribution < -0.4 is 14.9 Å². The maximum Gasteiger partial charge on any atom is 0.261 e. The average molecular weight is 516 g/mol. The molecule has 0 atom stereocenters. The number of benzene rings is 3. The number of carbonyl (C=O) groups is 1. The van der Waals surface area contributed by atoms with Crippen LogP contribution in [0.5, 0.6) is 0 Å². The summed E-state index contributed by atoms with van der Waals surface area (Å²) in [7, 11) is -3.83. The van der Waals surface area contributed by atoms with Gasteiger partial charge in [0.25, 0.3) is 15.9 Å². The van der Waals surface area contributed by atoms with Crippen molar-refractivity contribution in [3.05, 3.63) is 82.8 Å². The maximum absolute atomic E-state index is 12.7. The molecule has 1 aliphatic rings. The van der Waals surface area contributed by atoms with Gasteiger partial charge in [-0.05, 0) is 66.7 Å². The molecule has 1 fully saturated rings. The van der Waals surface area contributed by atoms with Gasteiger partial charge in [0.15, 0.2) is 0 Å². The minimum atomic E-state index is -3.83. The predicted molar refractivity (Wildman–Crippen MR) is 129 cm³/mol. The van der Waals surface area contributed by atoms with E-state index in [4.69, 9.17) is 4.74 Å². The number of rotatable bonds is 6. The third kappa shape index (κ3) is 5.48. The lowest BCUT2D eigenvalue weighted by molar-refractivity contribution is 0.102. The van der Waals surface area contributed by atoms with Crippen molar-refractivity contribution in [2.24, 2.45) is 0 Å². The molecule has 1 aliphatic heterocycles. The molecule has 4 rings (SSSR count). The first-order chi connectivity index (χ1) is 15.4. The first-order valence-electron chi connectivity index (χ1n) is 10.0. The highest BCUT2D eigenvalue weighted by Crippen LogP contribution is 2.22. The number of halogens is 1. The van der Waals surface area contributed by atoms with E-state index in [2.05, 4.69) is 30.9 Å². The van der Waals surface area contributed by atoms with Crippen molar-refractivity contribution in [3.63, 3.8) is 0 Å². The number of anilines is 3. The van der Waals surface area contributed by atoms with E-state index in [1.807, 2.05) is 24.3 Å². The standard InChI is InChI=1S/C23H22BrN3O4S/c24-18-4-6-20(7-5-18)26-32(29,30)22-3-1-2-17(16-22)23(28)25-19-8-10-21(11-9-19)27-12-14-31-15-13-27/h1-11,16,26H,12-15H2,(H,25,28). The zero-order chi connectivity index (χ0) is 22.6. The number of amides is 1. The Morgan fingerprint density at radius 3 is 2.25 bits per heavy atom. The number of nitrogens with zero attached hydrogens (tertiary/aromatic N) is 1. The molecule has 3 aromatic carbocycles. The zero-order valence-electron chi connectivity index (χ0n) is 17.1. The summed E-state index contributed by atoms with van der Waals surface area (Å²) in [5.41, 5.74) is 2.39. The molecule has 1 heterocycles.